The van der Waals surface area contributed by atoms with Crippen LogP contribution in [0.4, 0.5) is 5.69 Å². The number of rotatable bonds is 2. The number of nitrogens with one attached hydrogen (secondary N) is 2. The molecule has 1 aromatic rings. The second-order valence-electron chi connectivity index (χ2n) is 2.62. The molecule has 3 N–H and O–H groups in total. The highest BCUT2D eigenvalue weighted by Gasteiger charge is 2.07. The van der Waals surface area contributed by atoms with Crippen molar-refractivity contribution in [1.82, 2.24) is 4.98 Å². The number of amides is 1. The van der Waals surface area contributed by atoms with E-state index in [1.807, 2.05) is 0 Å². The zero-order chi connectivity index (χ0) is 10.7. The van der Waals surface area contributed by atoms with E-state index < -0.39 is 17.4 Å². The predicted octanol–water partition coefficient (Wildman–Crippen LogP) is 0.0315. The van der Waals surface area contributed by atoms with Crippen molar-refractivity contribution in [3.63, 3.8) is 0 Å². The molecule has 74 valence electrons. The molecule has 0 saturated carbocycles. The molecule has 1 amide bonds. The van der Waals surface area contributed by atoms with Gasteiger partial charge in [-0.15, -0.1) is 0 Å². The van der Waals surface area contributed by atoms with Crippen LogP contribution in [-0.4, -0.2) is 22.0 Å². The minimum atomic E-state index is -1.17. The van der Waals surface area contributed by atoms with Gasteiger partial charge in [-0.25, -0.2) is 4.79 Å². The maximum Gasteiger partial charge on any atom is 0.337 e. The largest absolute Gasteiger partial charge is 0.478 e. The summed E-state index contributed by atoms with van der Waals surface area (Å²) in [4.78, 5) is 34.4. The monoisotopic (exact) mass is 196 g/mol. The average Bonchev–Trinajstić information content (AvgIpc) is 2.07. The summed E-state index contributed by atoms with van der Waals surface area (Å²) in [6.07, 6.45) is 1.07. The van der Waals surface area contributed by atoms with Crippen LogP contribution in [0, 0.1) is 0 Å². The summed E-state index contributed by atoms with van der Waals surface area (Å²) in [5.74, 6) is -1.61. The first kappa shape index (κ1) is 9.97. The van der Waals surface area contributed by atoms with Gasteiger partial charge >= 0.3 is 5.97 Å². The molecule has 0 aliphatic heterocycles. The molecule has 0 bridgehead atoms. The molecule has 14 heavy (non-hydrogen) atoms. The van der Waals surface area contributed by atoms with Gasteiger partial charge in [-0.05, 0) is 6.07 Å². The number of anilines is 1. The lowest BCUT2D eigenvalue weighted by molar-refractivity contribution is -0.114. The summed E-state index contributed by atoms with van der Waals surface area (Å²) < 4.78 is 0. The van der Waals surface area contributed by atoms with E-state index in [-0.39, 0.29) is 11.3 Å². The van der Waals surface area contributed by atoms with Crippen molar-refractivity contribution >= 4 is 17.6 Å². The molecule has 0 aromatic carbocycles. The molecule has 0 aliphatic rings. The first-order valence-electron chi connectivity index (χ1n) is 3.74. The van der Waals surface area contributed by atoms with E-state index in [1.165, 1.54) is 6.92 Å². The summed E-state index contributed by atoms with van der Waals surface area (Å²) in [5, 5.41) is 10.8. The standard InChI is InChI=1S/C8H8N2O4/c1-4(11)10-6-2-5(8(13)14)3-9-7(6)12/h2-3H,1H3,(H,9,12)(H,10,11)(H,13,14). The Morgan fingerprint density at radius 3 is 2.64 bits per heavy atom. The highest BCUT2D eigenvalue weighted by atomic mass is 16.4. The van der Waals surface area contributed by atoms with E-state index >= 15 is 0 Å². The second kappa shape index (κ2) is 3.73. The Bertz CT molecular complexity index is 435. The van der Waals surface area contributed by atoms with Crippen molar-refractivity contribution in [3.05, 3.63) is 28.2 Å². The molecular formula is C8H8N2O4. The molecule has 0 atom stereocenters. The van der Waals surface area contributed by atoms with E-state index in [1.54, 1.807) is 0 Å². The molecule has 1 rings (SSSR count). The van der Waals surface area contributed by atoms with Gasteiger partial charge in [0.05, 0.1) is 5.56 Å². The van der Waals surface area contributed by atoms with E-state index in [2.05, 4.69) is 10.3 Å². The van der Waals surface area contributed by atoms with Gasteiger partial charge < -0.3 is 15.4 Å². The van der Waals surface area contributed by atoms with Gasteiger partial charge in [-0.1, -0.05) is 0 Å². The maximum absolute atomic E-state index is 11.1. The molecule has 6 nitrogen and oxygen atoms in total. The SMILES string of the molecule is CC(=O)Nc1cc(C(=O)O)c[nH]c1=O. The molecule has 6 heteroatoms. The third kappa shape index (κ3) is 2.19. The molecule has 0 fully saturated rings. The number of H-pyrrole nitrogens is 1. The normalized spacial score (nSPS) is 9.50. The Balaban J connectivity index is 3.15. The van der Waals surface area contributed by atoms with Crippen LogP contribution in [0.2, 0.25) is 0 Å². The number of hydrogen-bond acceptors (Lipinski definition) is 3. The number of pyridine rings is 1. The fourth-order valence-electron chi connectivity index (χ4n) is 0.890. The highest BCUT2D eigenvalue weighted by molar-refractivity contribution is 5.92. The van der Waals surface area contributed by atoms with Gasteiger partial charge in [0.25, 0.3) is 5.56 Å². The Morgan fingerprint density at radius 1 is 1.50 bits per heavy atom. The lowest BCUT2D eigenvalue weighted by atomic mass is 10.2. The third-order valence-electron chi connectivity index (χ3n) is 1.46. The first-order valence-corrected chi connectivity index (χ1v) is 3.74. The molecule has 0 saturated heterocycles. The highest BCUT2D eigenvalue weighted by Crippen LogP contribution is 2.02. The van der Waals surface area contributed by atoms with Crippen LogP contribution < -0.4 is 10.9 Å². The number of aromatic nitrogens is 1. The van der Waals surface area contributed by atoms with Crippen molar-refractivity contribution in [2.45, 2.75) is 6.92 Å². The van der Waals surface area contributed by atoms with Crippen molar-refractivity contribution in [2.75, 3.05) is 5.32 Å². The molecule has 1 heterocycles. The zero-order valence-electron chi connectivity index (χ0n) is 7.33. The van der Waals surface area contributed by atoms with Gasteiger partial charge in [0.15, 0.2) is 0 Å². The van der Waals surface area contributed by atoms with Crippen LogP contribution in [0.15, 0.2) is 17.1 Å². The van der Waals surface area contributed by atoms with Crippen LogP contribution >= 0.6 is 0 Å². The lowest BCUT2D eigenvalue weighted by Crippen LogP contribution is -2.18. The lowest BCUT2D eigenvalue weighted by Gasteiger charge is -2.01. The number of carboxylic acid groups (broad SMARTS) is 1. The zero-order valence-corrected chi connectivity index (χ0v) is 7.33. The number of carboxylic acids is 1. The van der Waals surface area contributed by atoms with Crippen molar-refractivity contribution in [1.29, 1.82) is 0 Å². The van der Waals surface area contributed by atoms with E-state index in [4.69, 9.17) is 5.11 Å². The quantitative estimate of drug-likeness (QED) is 0.621. The van der Waals surface area contributed by atoms with Crippen molar-refractivity contribution in [2.24, 2.45) is 0 Å². The fourth-order valence-corrected chi connectivity index (χ4v) is 0.890. The van der Waals surface area contributed by atoms with Crippen LogP contribution in [0.3, 0.4) is 0 Å². The van der Waals surface area contributed by atoms with Gasteiger partial charge in [0, 0.05) is 13.1 Å². The Hall–Kier alpha value is -2.11. The summed E-state index contributed by atoms with van der Waals surface area (Å²) >= 11 is 0. The minimum absolute atomic E-state index is 0.0719. The van der Waals surface area contributed by atoms with Gasteiger partial charge in [-0.2, -0.15) is 0 Å². The van der Waals surface area contributed by atoms with Gasteiger partial charge in [-0.3, -0.25) is 9.59 Å². The second-order valence-corrected chi connectivity index (χ2v) is 2.62. The summed E-state index contributed by atoms with van der Waals surface area (Å²) in [7, 11) is 0. The van der Waals surface area contributed by atoms with Crippen LogP contribution in [0.25, 0.3) is 0 Å². The molecule has 0 unspecified atom stereocenters. The first-order chi connectivity index (χ1) is 6.50. The van der Waals surface area contributed by atoms with Crippen molar-refractivity contribution < 1.29 is 14.7 Å². The number of aromatic amines is 1. The summed E-state index contributed by atoms with van der Waals surface area (Å²) in [6, 6.07) is 1.10. The topological polar surface area (TPSA) is 99.3 Å². The Labute approximate surface area is 78.6 Å². The number of hydrogen-bond donors (Lipinski definition) is 3. The minimum Gasteiger partial charge on any atom is -0.478 e. The molecule has 0 radical (unpaired) electrons. The predicted molar refractivity (Wildman–Crippen MR) is 48.3 cm³/mol. The maximum atomic E-state index is 11.1. The smallest absolute Gasteiger partial charge is 0.337 e. The summed E-state index contributed by atoms with van der Waals surface area (Å²) in [5.41, 5.74) is -0.698. The Morgan fingerprint density at radius 2 is 2.14 bits per heavy atom. The number of aromatic carboxylic acids is 1. The summed E-state index contributed by atoms with van der Waals surface area (Å²) in [6.45, 7) is 1.23. The van der Waals surface area contributed by atoms with Crippen molar-refractivity contribution in [3.8, 4) is 0 Å². The van der Waals surface area contributed by atoms with Gasteiger partial charge in [0.2, 0.25) is 5.91 Å². The number of carbonyl (C=O) groups is 2. The third-order valence-corrected chi connectivity index (χ3v) is 1.46. The average molecular weight is 196 g/mol. The van der Waals surface area contributed by atoms with E-state index in [9.17, 15) is 14.4 Å². The molecule has 0 spiro atoms. The van der Waals surface area contributed by atoms with E-state index in [0.717, 1.165) is 12.3 Å². The van der Waals surface area contributed by atoms with Crippen LogP contribution in [0.5, 0.6) is 0 Å². The molecule has 0 aliphatic carbocycles. The Kier molecular flexibility index (Phi) is 2.66. The van der Waals surface area contributed by atoms with Crippen LogP contribution in [-0.2, 0) is 4.79 Å². The molecule has 1 aromatic heterocycles. The fraction of sp³-hybridized carbons (Fsp3) is 0.125. The molecular weight excluding hydrogens is 188 g/mol. The van der Waals surface area contributed by atoms with Gasteiger partial charge in [0.1, 0.15) is 5.69 Å². The number of carbonyl (C=O) groups excluding carboxylic acids is 1. The van der Waals surface area contributed by atoms with Crippen LogP contribution in [0.1, 0.15) is 17.3 Å². The van der Waals surface area contributed by atoms with E-state index in [0.29, 0.717) is 0 Å².